The second kappa shape index (κ2) is 5.77. The van der Waals surface area contributed by atoms with Gasteiger partial charge in [0.1, 0.15) is 0 Å². The lowest BCUT2D eigenvalue weighted by Crippen LogP contribution is -2.41. The summed E-state index contributed by atoms with van der Waals surface area (Å²) >= 11 is 0. The number of nitrogens with zero attached hydrogens (tertiary/aromatic N) is 4. The van der Waals surface area contributed by atoms with Gasteiger partial charge in [0.25, 0.3) is 0 Å². The molecule has 0 aromatic carbocycles. The highest BCUT2D eigenvalue weighted by molar-refractivity contribution is 5.05. The molecule has 6 nitrogen and oxygen atoms in total. The van der Waals surface area contributed by atoms with Gasteiger partial charge in [-0.05, 0) is 41.7 Å². The molecule has 2 fully saturated rings. The summed E-state index contributed by atoms with van der Waals surface area (Å²) in [7, 11) is 3.58. The fourth-order valence-electron chi connectivity index (χ4n) is 4.27. The molecule has 1 N–H and O–H groups in total. The summed E-state index contributed by atoms with van der Waals surface area (Å²) in [6, 6.07) is 0. The summed E-state index contributed by atoms with van der Waals surface area (Å²) in [4.78, 5) is 1.56. The van der Waals surface area contributed by atoms with Gasteiger partial charge in [0.2, 0.25) is 0 Å². The molecule has 0 radical (unpaired) electrons. The minimum absolute atomic E-state index is 0.333. The molecule has 3 rings (SSSR count). The van der Waals surface area contributed by atoms with Gasteiger partial charge in [0.15, 0.2) is 5.82 Å². The van der Waals surface area contributed by atoms with Crippen molar-refractivity contribution >= 4 is 0 Å². The van der Waals surface area contributed by atoms with Gasteiger partial charge >= 0.3 is 0 Å². The van der Waals surface area contributed by atoms with E-state index in [0.717, 1.165) is 43.8 Å². The predicted octanol–water partition coefficient (Wildman–Crippen LogP) is 0.795. The monoisotopic (exact) mass is 279 g/mol. The van der Waals surface area contributed by atoms with E-state index in [4.69, 9.17) is 4.74 Å². The Bertz CT molecular complexity index is 449. The van der Waals surface area contributed by atoms with E-state index in [-0.39, 0.29) is 0 Å². The van der Waals surface area contributed by atoms with Crippen molar-refractivity contribution in [2.75, 3.05) is 26.8 Å². The fourth-order valence-corrected chi connectivity index (χ4v) is 4.27. The Hall–Kier alpha value is -1.01. The van der Waals surface area contributed by atoms with Crippen LogP contribution in [-0.4, -0.2) is 47.0 Å². The molecule has 2 bridgehead atoms. The third-order valence-corrected chi connectivity index (χ3v) is 5.12. The first-order valence-corrected chi connectivity index (χ1v) is 7.64. The van der Waals surface area contributed by atoms with Gasteiger partial charge < -0.3 is 10.1 Å². The number of aryl methyl sites for hydroxylation is 1. The number of rotatable bonds is 7. The molecule has 112 valence electrons. The first-order chi connectivity index (χ1) is 9.72. The van der Waals surface area contributed by atoms with Crippen LogP contribution in [0.5, 0.6) is 0 Å². The predicted molar refractivity (Wildman–Crippen MR) is 75.1 cm³/mol. The van der Waals surface area contributed by atoms with Crippen LogP contribution in [0.2, 0.25) is 0 Å². The van der Waals surface area contributed by atoms with Crippen LogP contribution in [0.3, 0.4) is 0 Å². The Labute approximate surface area is 120 Å². The summed E-state index contributed by atoms with van der Waals surface area (Å²) in [6.07, 6.45) is 6.46. The van der Waals surface area contributed by atoms with Gasteiger partial charge in [0.05, 0.1) is 13.7 Å². The van der Waals surface area contributed by atoms with Crippen molar-refractivity contribution in [3.8, 4) is 0 Å². The van der Waals surface area contributed by atoms with E-state index in [0.29, 0.717) is 5.41 Å². The Morgan fingerprint density at radius 1 is 1.45 bits per heavy atom. The van der Waals surface area contributed by atoms with Gasteiger partial charge in [-0.15, -0.1) is 10.2 Å². The fraction of sp³-hybridized carbons (Fsp3) is 0.929. The second-order valence-corrected chi connectivity index (χ2v) is 6.48. The average molecular weight is 279 g/mol. The molecular weight excluding hydrogens is 254 g/mol. The molecule has 3 atom stereocenters. The van der Waals surface area contributed by atoms with Crippen LogP contribution in [0, 0.1) is 17.3 Å². The van der Waals surface area contributed by atoms with Crippen molar-refractivity contribution in [2.24, 2.45) is 24.3 Å². The largest absolute Gasteiger partial charge is 0.383 e. The van der Waals surface area contributed by atoms with Crippen molar-refractivity contribution < 1.29 is 4.74 Å². The van der Waals surface area contributed by atoms with Gasteiger partial charge in [0, 0.05) is 26.6 Å². The van der Waals surface area contributed by atoms with Crippen molar-refractivity contribution in [1.82, 2.24) is 25.5 Å². The smallest absolute Gasteiger partial charge is 0.175 e. The summed E-state index contributed by atoms with van der Waals surface area (Å²) in [5.74, 6) is 2.64. The number of hydrogen-bond donors (Lipinski definition) is 1. The Balaban J connectivity index is 1.67. The Morgan fingerprint density at radius 2 is 2.35 bits per heavy atom. The average Bonchev–Trinajstić information content (AvgIpc) is 3.11. The van der Waals surface area contributed by atoms with Crippen LogP contribution in [-0.2, 0) is 18.2 Å². The topological polar surface area (TPSA) is 64.9 Å². The number of tetrazole rings is 1. The molecule has 0 aliphatic heterocycles. The van der Waals surface area contributed by atoms with Crippen LogP contribution >= 0.6 is 0 Å². The minimum atomic E-state index is 0.333. The Kier molecular flexibility index (Phi) is 4.03. The lowest BCUT2D eigenvalue weighted by molar-refractivity contribution is 0.142. The van der Waals surface area contributed by atoms with E-state index in [1.165, 1.54) is 25.7 Å². The summed E-state index contributed by atoms with van der Waals surface area (Å²) in [5, 5.41) is 16.1. The van der Waals surface area contributed by atoms with E-state index < -0.39 is 0 Å². The highest BCUT2D eigenvalue weighted by Gasteiger charge is 2.50. The van der Waals surface area contributed by atoms with Crippen molar-refractivity contribution in [2.45, 2.75) is 32.1 Å². The number of fused-ring (bicyclic) bond motifs is 2. The molecule has 2 aliphatic rings. The van der Waals surface area contributed by atoms with Crippen LogP contribution in [0.1, 0.15) is 31.5 Å². The first kappa shape index (κ1) is 13.9. The molecule has 6 heteroatoms. The standard InChI is InChI=1S/C14H25N5O/c1-19-17-13(16-18-19)9-14(10-15-5-6-20-2)8-11-3-4-12(14)7-11/h11-12,15H,3-10H2,1-2H3. The van der Waals surface area contributed by atoms with Crippen LogP contribution in [0.25, 0.3) is 0 Å². The van der Waals surface area contributed by atoms with Crippen LogP contribution < -0.4 is 5.32 Å². The highest BCUT2D eigenvalue weighted by atomic mass is 16.5. The number of hydrogen-bond acceptors (Lipinski definition) is 5. The lowest BCUT2D eigenvalue weighted by Gasteiger charge is -2.37. The summed E-state index contributed by atoms with van der Waals surface area (Å²) < 4.78 is 5.12. The molecule has 3 unspecified atom stereocenters. The summed E-state index contributed by atoms with van der Waals surface area (Å²) in [6.45, 7) is 2.74. The molecule has 2 saturated carbocycles. The molecular formula is C14H25N5O. The van der Waals surface area contributed by atoms with Gasteiger partial charge in [-0.25, -0.2) is 0 Å². The minimum Gasteiger partial charge on any atom is -0.383 e. The molecule has 20 heavy (non-hydrogen) atoms. The SMILES string of the molecule is COCCNCC1(Cc2nnn(C)n2)CC2CCC1C2. The second-order valence-electron chi connectivity index (χ2n) is 6.48. The zero-order valence-corrected chi connectivity index (χ0v) is 12.5. The van der Waals surface area contributed by atoms with E-state index in [2.05, 4.69) is 20.7 Å². The lowest BCUT2D eigenvalue weighted by atomic mass is 9.70. The van der Waals surface area contributed by atoms with E-state index >= 15 is 0 Å². The number of methoxy groups -OCH3 is 1. The Morgan fingerprint density at radius 3 is 2.95 bits per heavy atom. The molecule has 1 aromatic rings. The maximum Gasteiger partial charge on any atom is 0.175 e. The van der Waals surface area contributed by atoms with Crippen molar-refractivity contribution in [1.29, 1.82) is 0 Å². The molecule has 0 saturated heterocycles. The molecule has 0 amide bonds. The van der Waals surface area contributed by atoms with Crippen LogP contribution in [0.15, 0.2) is 0 Å². The van der Waals surface area contributed by atoms with Gasteiger partial charge in [-0.2, -0.15) is 4.80 Å². The molecule has 1 aromatic heterocycles. The number of aromatic nitrogens is 4. The maximum atomic E-state index is 5.12. The quantitative estimate of drug-likeness (QED) is 0.748. The summed E-state index contributed by atoms with van der Waals surface area (Å²) in [5.41, 5.74) is 0.333. The highest BCUT2D eigenvalue weighted by Crippen LogP contribution is 2.56. The van der Waals surface area contributed by atoms with Crippen LogP contribution in [0.4, 0.5) is 0 Å². The van der Waals surface area contributed by atoms with Gasteiger partial charge in [-0.1, -0.05) is 6.42 Å². The number of ether oxygens (including phenoxy) is 1. The van der Waals surface area contributed by atoms with Crippen molar-refractivity contribution in [3.05, 3.63) is 5.82 Å². The zero-order valence-electron chi connectivity index (χ0n) is 12.5. The molecule has 0 spiro atoms. The van der Waals surface area contributed by atoms with E-state index in [1.54, 1.807) is 11.9 Å². The normalized spacial score (nSPS) is 32.1. The first-order valence-electron chi connectivity index (χ1n) is 7.64. The third-order valence-electron chi connectivity index (χ3n) is 5.12. The molecule has 2 aliphatic carbocycles. The van der Waals surface area contributed by atoms with Crippen molar-refractivity contribution in [3.63, 3.8) is 0 Å². The van der Waals surface area contributed by atoms with E-state index in [1.807, 2.05) is 7.05 Å². The molecule has 1 heterocycles. The number of nitrogens with one attached hydrogen (secondary N) is 1. The third kappa shape index (κ3) is 2.72. The zero-order chi connectivity index (χ0) is 14.0. The maximum absolute atomic E-state index is 5.12. The van der Waals surface area contributed by atoms with Gasteiger partial charge in [-0.3, -0.25) is 0 Å². The van der Waals surface area contributed by atoms with E-state index in [9.17, 15) is 0 Å².